The number of aromatic nitrogens is 4. The van der Waals surface area contributed by atoms with Crippen LogP contribution in [0.5, 0.6) is 0 Å². The Morgan fingerprint density at radius 1 is 1.21 bits per heavy atom. The van der Waals surface area contributed by atoms with E-state index in [4.69, 9.17) is 0 Å². The topological polar surface area (TPSA) is 90.1 Å². The molecular formula is C21H28F3N5O3S. The van der Waals surface area contributed by atoms with Crippen LogP contribution >= 0.6 is 11.8 Å². The molecule has 0 saturated heterocycles. The summed E-state index contributed by atoms with van der Waals surface area (Å²) in [4.78, 5) is 47.9. The van der Waals surface area contributed by atoms with Gasteiger partial charge in [0.15, 0.2) is 5.65 Å². The van der Waals surface area contributed by atoms with Crippen LogP contribution in [0, 0.1) is 18.8 Å². The molecular weight excluding hydrogens is 459 g/mol. The van der Waals surface area contributed by atoms with E-state index in [0.29, 0.717) is 12.4 Å². The molecule has 2 heterocycles. The molecule has 0 N–H and O–H groups in total. The number of halogens is 3. The minimum atomic E-state index is -4.51. The molecule has 1 saturated carbocycles. The van der Waals surface area contributed by atoms with Gasteiger partial charge in [-0.25, -0.2) is 14.8 Å². The van der Waals surface area contributed by atoms with Gasteiger partial charge in [0.2, 0.25) is 5.91 Å². The summed E-state index contributed by atoms with van der Waals surface area (Å²) in [6.07, 6.45) is -2.91. The van der Waals surface area contributed by atoms with E-state index in [0.717, 1.165) is 34.1 Å². The molecule has 33 heavy (non-hydrogen) atoms. The Hall–Kier alpha value is -2.37. The molecule has 3 rings (SSSR count). The first-order chi connectivity index (χ1) is 15.3. The summed E-state index contributed by atoms with van der Waals surface area (Å²) in [5.41, 5.74) is -0.956. The molecule has 1 atom stereocenters. The molecule has 0 radical (unpaired) electrons. The second kappa shape index (κ2) is 9.47. The van der Waals surface area contributed by atoms with E-state index in [9.17, 15) is 27.6 Å². The number of thioether (sulfide) groups is 1. The molecule has 0 spiro atoms. The van der Waals surface area contributed by atoms with Crippen molar-refractivity contribution < 1.29 is 18.0 Å². The standard InChI is InChI=1S/C21H28F3N5O3S/c1-11(2)8-28-17-16(19(31)27(5)20(28)32)18(26-13(4)25-17)33-9-15(30)29(10-21(22,23)24)12(3)14-6-7-14/h11-12,14H,6-10H2,1-5H3. The third-order valence-electron chi connectivity index (χ3n) is 5.61. The van der Waals surface area contributed by atoms with Gasteiger partial charge in [-0.1, -0.05) is 25.6 Å². The molecule has 2 aromatic heterocycles. The predicted molar refractivity (Wildman–Crippen MR) is 119 cm³/mol. The van der Waals surface area contributed by atoms with Gasteiger partial charge in [0, 0.05) is 19.6 Å². The minimum absolute atomic E-state index is 0.0705. The number of hydrogen-bond acceptors (Lipinski definition) is 6. The maximum atomic E-state index is 13.1. The van der Waals surface area contributed by atoms with Crippen molar-refractivity contribution in [2.45, 2.75) is 64.3 Å². The van der Waals surface area contributed by atoms with Gasteiger partial charge in [-0.15, -0.1) is 0 Å². The summed E-state index contributed by atoms with van der Waals surface area (Å²) in [5.74, 6) is -0.530. The van der Waals surface area contributed by atoms with E-state index >= 15 is 0 Å². The number of fused-ring (bicyclic) bond motifs is 1. The van der Waals surface area contributed by atoms with Crippen LogP contribution in [0.25, 0.3) is 11.0 Å². The van der Waals surface area contributed by atoms with Gasteiger partial charge < -0.3 is 4.90 Å². The summed E-state index contributed by atoms with van der Waals surface area (Å²) in [5, 5.41) is 0.258. The second-order valence-electron chi connectivity index (χ2n) is 8.93. The predicted octanol–water partition coefficient (Wildman–Crippen LogP) is 2.74. The SMILES string of the molecule is Cc1nc(SCC(=O)N(CC(F)(F)F)C(C)C2CC2)c2c(=O)n(C)c(=O)n(CC(C)C)c2n1. The molecule has 1 aliphatic carbocycles. The van der Waals surface area contributed by atoms with Crippen LogP contribution in [-0.4, -0.2) is 54.4 Å². The molecule has 0 aromatic carbocycles. The summed E-state index contributed by atoms with van der Waals surface area (Å²) < 4.78 is 41.7. The van der Waals surface area contributed by atoms with Crippen LogP contribution < -0.4 is 11.2 Å². The zero-order valence-corrected chi connectivity index (χ0v) is 20.1. The number of rotatable bonds is 8. The van der Waals surface area contributed by atoms with E-state index in [2.05, 4.69) is 9.97 Å². The van der Waals surface area contributed by atoms with Gasteiger partial charge in [-0.05, 0) is 38.5 Å². The monoisotopic (exact) mass is 487 g/mol. The first kappa shape index (κ1) is 25.3. The van der Waals surface area contributed by atoms with Crippen LogP contribution in [0.3, 0.4) is 0 Å². The fourth-order valence-corrected chi connectivity index (χ4v) is 4.72. The number of amides is 1. The molecule has 1 unspecified atom stereocenters. The Balaban J connectivity index is 1.98. The average molecular weight is 488 g/mol. The molecule has 0 aliphatic heterocycles. The average Bonchev–Trinajstić information content (AvgIpc) is 3.55. The smallest absolute Gasteiger partial charge is 0.330 e. The van der Waals surface area contributed by atoms with Crippen molar-refractivity contribution in [1.82, 2.24) is 24.0 Å². The van der Waals surface area contributed by atoms with Gasteiger partial charge >= 0.3 is 11.9 Å². The first-order valence-electron chi connectivity index (χ1n) is 10.8. The molecule has 12 heteroatoms. The third kappa shape index (κ3) is 5.77. The molecule has 182 valence electrons. The lowest BCUT2D eigenvalue weighted by Gasteiger charge is -2.30. The first-order valence-corrected chi connectivity index (χ1v) is 11.8. The van der Waals surface area contributed by atoms with Crippen LogP contribution in [0.4, 0.5) is 13.2 Å². The van der Waals surface area contributed by atoms with Crippen LogP contribution in [-0.2, 0) is 18.4 Å². The van der Waals surface area contributed by atoms with Crippen LogP contribution in [0.15, 0.2) is 14.6 Å². The van der Waals surface area contributed by atoms with Crippen molar-refractivity contribution in [1.29, 1.82) is 0 Å². The van der Waals surface area contributed by atoms with Gasteiger partial charge in [0.25, 0.3) is 5.56 Å². The van der Waals surface area contributed by atoms with Crippen LogP contribution in [0.2, 0.25) is 0 Å². The van der Waals surface area contributed by atoms with Crippen molar-refractivity contribution in [3.05, 3.63) is 26.7 Å². The zero-order chi connectivity index (χ0) is 24.7. The summed E-state index contributed by atoms with van der Waals surface area (Å²) in [6, 6.07) is -0.521. The normalized spacial score (nSPS) is 15.3. The largest absolute Gasteiger partial charge is 0.406 e. The molecule has 2 aromatic rings. The van der Waals surface area contributed by atoms with E-state index in [1.807, 2.05) is 13.8 Å². The van der Waals surface area contributed by atoms with Gasteiger partial charge in [-0.3, -0.25) is 18.7 Å². The molecule has 1 fully saturated rings. The molecule has 1 amide bonds. The summed E-state index contributed by atoms with van der Waals surface area (Å²) in [6.45, 7) is 6.07. The van der Waals surface area contributed by atoms with Crippen molar-refractivity contribution in [3.63, 3.8) is 0 Å². The number of carbonyl (C=O) groups excluding carboxylic acids is 1. The Labute approximate surface area is 193 Å². The fourth-order valence-electron chi connectivity index (χ4n) is 3.77. The Morgan fingerprint density at radius 3 is 2.39 bits per heavy atom. The highest BCUT2D eigenvalue weighted by Gasteiger charge is 2.40. The number of alkyl halides is 3. The molecule has 0 bridgehead atoms. The summed E-state index contributed by atoms with van der Waals surface area (Å²) in [7, 11) is 1.35. The number of nitrogens with zero attached hydrogens (tertiary/aromatic N) is 5. The number of aryl methyl sites for hydroxylation is 1. The van der Waals surface area contributed by atoms with Gasteiger partial charge in [0.05, 0.1) is 5.75 Å². The lowest BCUT2D eigenvalue weighted by molar-refractivity contribution is -0.164. The highest BCUT2D eigenvalue weighted by Crippen LogP contribution is 2.36. The van der Waals surface area contributed by atoms with E-state index < -0.39 is 35.9 Å². The fraction of sp³-hybridized carbons (Fsp3) is 0.667. The highest BCUT2D eigenvalue weighted by atomic mass is 32.2. The highest BCUT2D eigenvalue weighted by molar-refractivity contribution is 8.00. The van der Waals surface area contributed by atoms with Crippen molar-refractivity contribution in [2.24, 2.45) is 18.9 Å². The molecule has 8 nitrogen and oxygen atoms in total. The maximum absolute atomic E-state index is 13.1. The summed E-state index contributed by atoms with van der Waals surface area (Å²) >= 11 is 0.894. The second-order valence-corrected chi connectivity index (χ2v) is 9.89. The van der Waals surface area contributed by atoms with Gasteiger partial charge in [-0.2, -0.15) is 13.2 Å². The van der Waals surface area contributed by atoms with E-state index in [1.165, 1.54) is 11.6 Å². The van der Waals surface area contributed by atoms with Crippen molar-refractivity contribution in [2.75, 3.05) is 12.3 Å². The lowest BCUT2D eigenvalue weighted by atomic mass is 10.2. The van der Waals surface area contributed by atoms with Crippen LogP contribution in [0.1, 0.15) is 39.4 Å². The number of carbonyl (C=O) groups is 1. The van der Waals surface area contributed by atoms with E-state index in [-0.39, 0.29) is 33.6 Å². The number of hydrogen-bond donors (Lipinski definition) is 0. The van der Waals surface area contributed by atoms with Crippen molar-refractivity contribution >= 4 is 28.7 Å². The third-order valence-corrected chi connectivity index (χ3v) is 6.57. The van der Waals surface area contributed by atoms with E-state index in [1.54, 1.807) is 13.8 Å². The lowest BCUT2D eigenvalue weighted by Crippen LogP contribution is -2.46. The zero-order valence-electron chi connectivity index (χ0n) is 19.3. The van der Waals surface area contributed by atoms with Crippen molar-refractivity contribution in [3.8, 4) is 0 Å². The quantitative estimate of drug-likeness (QED) is 0.420. The Bertz CT molecular complexity index is 1170. The van der Waals surface area contributed by atoms with Gasteiger partial charge in [0.1, 0.15) is 22.8 Å². The minimum Gasteiger partial charge on any atom is -0.330 e. The maximum Gasteiger partial charge on any atom is 0.406 e. The molecule has 1 aliphatic rings. The Kier molecular flexibility index (Phi) is 7.25. The Morgan fingerprint density at radius 2 is 1.85 bits per heavy atom.